The molecule has 0 saturated heterocycles. The number of carbonyl (C=O) groups is 1. The average molecular weight is 227 g/mol. The van der Waals surface area contributed by atoms with E-state index in [1.165, 1.54) is 12.8 Å². The molecule has 0 heterocycles. The van der Waals surface area contributed by atoms with E-state index in [1.54, 1.807) is 0 Å². The zero-order valence-corrected chi connectivity index (χ0v) is 11.0. The lowest BCUT2D eigenvalue weighted by molar-refractivity contribution is -0.156. The standard InChI is InChI=1S/C13H25NO2/c1-13(2,3)16-12(15)9-10-5-7-11(14-4)8-6-10/h10-11,14H,5-9H2,1-4H3. The van der Waals surface area contributed by atoms with Gasteiger partial charge in [0.1, 0.15) is 5.60 Å². The molecule has 0 aromatic rings. The topological polar surface area (TPSA) is 38.3 Å². The summed E-state index contributed by atoms with van der Waals surface area (Å²) in [5.41, 5.74) is -0.348. The van der Waals surface area contributed by atoms with E-state index in [0.29, 0.717) is 18.4 Å². The molecule has 0 aliphatic heterocycles. The van der Waals surface area contributed by atoms with Crippen LogP contribution in [0.3, 0.4) is 0 Å². The summed E-state index contributed by atoms with van der Waals surface area (Å²) in [7, 11) is 2.01. The Morgan fingerprint density at radius 1 is 1.25 bits per heavy atom. The lowest BCUT2D eigenvalue weighted by Gasteiger charge is -2.28. The van der Waals surface area contributed by atoms with Crippen molar-refractivity contribution in [3.05, 3.63) is 0 Å². The third-order valence-electron chi connectivity index (χ3n) is 3.13. The number of ether oxygens (including phenoxy) is 1. The molecule has 0 spiro atoms. The molecule has 1 fully saturated rings. The molecule has 1 aliphatic carbocycles. The minimum Gasteiger partial charge on any atom is -0.460 e. The van der Waals surface area contributed by atoms with Crippen LogP contribution in [0.1, 0.15) is 52.9 Å². The van der Waals surface area contributed by atoms with Crippen molar-refractivity contribution in [3.8, 4) is 0 Å². The molecule has 1 rings (SSSR count). The van der Waals surface area contributed by atoms with Gasteiger partial charge in [0, 0.05) is 12.5 Å². The van der Waals surface area contributed by atoms with E-state index in [0.717, 1.165) is 12.8 Å². The Labute approximate surface area is 98.9 Å². The average Bonchev–Trinajstić information content (AvgIpc) is 2.16. The molecule has 1 saturated carbocycles. The maximum absolute atomic E-state index is 11.6. The van der Waals surface area contributed by atoms with Crippen LogP contribution < -0.4 is 5.32 Å². The Bertz CT molecular complexity index is 225. The number of carbonyl (C=O) groups excluding carboxylic acids is 1. The zero-order valence-electron chi connectivity index (χ0n) is 11.0. The molecule has 3 nitrogen and oxygen atoms in total. The van der Waals surface area contributed by atoms with Gasteiger partial charge in [-0.1, -0.05) is 0 Å². The summed E-state index contributed by atoms with van der Waals surface area (Å²) in [5, 5.41) is 3.30. The molecular weight excluding hydrogens is 202 g/mol. The number of esters is 1. The van der Waals surface area contributed by atoms with E-state index >= 15 is 0 Å². The normalized spacial score (nSPS) is 26.5. The minimum atomic E-state index is -0.348. The van der Waals surface area contributed by atoms with E-state index < -0.39 is 0 Å². The first-order chi connectivity index (χ1) is 7.40. The van der Waals surface area contributed by atoms with E-state index in [-0.39, 0.29) is 11.6 Å². The first-order valence-corrected chi connectivity index (χ1v) is 6.30. The van der Waals surface area contributed by atoms with Crippen molar-refractivity contribution < 1.29 is 9.53 Å². The first-order valence-electron chi connectivity index (χ1n) is 6.30. The summed E-state index contributed by atoms with van der Waals surface area (Å²) in [6.45, 7) is 5.76. The van der Waals surface area contributed by atoms with Crippen LogP contribution in [0, 0.1) is 5.92 Å². The molecule has 3 heteroatoms. The summed E-state index contributed by atoms with van der Waals surface area (Å²) in [6, 6.07) is 0.648. The maximum atomic E-state index is 11.6. The van der Waals surface area contributed by atoms with Crippen LogP contribution in [0.2, 0.25) is 0 Å². The SMILES string of the molecule is CNC1CCC(CC(=O)OC(C)(C)C)CC1. The van der Waals surface area contributed by atoms with Gasteiger partial charge < -0.3 is 10.1 Å². The van der Waals surface area contributed by atoms with Crippen LogP contribution in [0.5, 0.6) is 0 Å². The van der Waals surface area contributed by atoms with Gasteiger partial charge in [0.25, 0.3) is 0 Å². The van der Waals surface area contributed by atoms with Gasteiger partial charge in [-0.25, -0.2) is 0 Å². The predicted molar refractivity (Wildman–Crippen MR) is 65.3 cm³/mol. The van der Waals surface area contributed by atoms with Crippen molar-refractivity contribution >= 4 is 5.97 Å². The second-order valence-electron chi connectivity index (χ2n) is 5.80. The fourth-order valence-corrected chi connectivity index (χ4v) is 2.27. The number of nitrogens with one attached hydrogen (secondary N) is 1. The van der Waals surface area contributed by atoms with Gasteiger partial charge in [0.2, 0.25) is 0 Å². The van der Waals surface area contributed by atoms with Crippen LogP contribution in [0.15, 0.2) is 0 Å². The Morgan fingerprint density at radius 3 is 2.25 bits per heavy atom. The van der Waals surface area contributed by atoms with Crippen LogP contribution in [0.4, 0.5) is 0 Å². The van der Waals surface area contributed by atoms with E-state index in [9.17, 15) is 4.79 Å². The molecule has 0 atom stereocenters. The van der Waals surface area contributed by atoms with Crippen molar-refractivity contribution in [2.24, 2.45) is 5.92 Å². The molecule has 1 aliphatic rings. The van der Waals surface area contributed by atoms with Gasteiger partial charge in [0.05, 0.1) is 0 Å². The monoisotopic (exact) mass is 227 g/mol. The van der Waals surface area contributed by atoms with Crippen LogP contribution in [-0.2, 0) is 9.53 Å². The summed E-state index contributed by atoms with van der Waals surface area (Å²) in [6.07, 6.45) is 5.25. The third kappa shape index (κ3) is 4.97. The molecule has 16 heavy (non-hydrogen) atoms. The molecule has 1 N–H and O–H groups in total. The molecular formula is C13H25NO2. The molecule has 0 aromatic carbocycles. The van der Waals surface area contributed by atoms with Gasteiger partial charge in [-0.05, 0) is 59.4 Å². The Hall–Kier alpha value is -0.570. The van der Waals surface area contributed by atoms with Crippen molar-refractivity contribution in [2.75, 3.05) is 7.05 Å². The lowest BCUT2D eigenvalue weighted by Crippen LogP contribution is -2.32. The predicted octanol–water partition coefficient (Wildman–Crippen LogP) is 2.50. The second-order valence-corrected chi connectivity index (χ2v) is 5.80. The lowest BCUT2D eigenvalue weighted by atomic mass is 9.84. The van der Waals surface area contributed by atoms with E-state index in [4.69, 9.17) is 4.74 Å². The molecule has 0 amide bonds. The smallest absolute Gasteiger partial charge is 0.306 e. The largest absolute Gasteiger partial charge is 0.460 e. The van der Waals surface area contributed by atoms with Crippen LogP contribution in [-0.4, -0.2) is 24.7 Å². The van der Waals surface area contributed by atoms with Gasteiger partial charge in [-0.3, -0.25) is 4.79 Å². The van der Waals surface area contributed by atoms with Crippen LogP contribution in [0.25, 0.3) is 0 Å². The van der Waals surface area contributed by atoms with Crippen LogP contribution >= 0.6 is 0 Å². The summed E-state index contributed by atoms with van der Waals surface area (Å²) in [4.78, 5) is 11.6. The molecule has 0 radical (unpaired) electrons. The first kappa shape index (κ1) is 13.5. The van der Waals surface area contributed by atoms with Gasteiger partial charge >= 0.3 is 5.97 Å². The Kier molecular flexibility index (Phi) is 4.78. The number of hydrogen-bond acceptors (Lipinski definition) is 3. The highest BCUT2D eigenvalue weighted by molar-refractivity contribution is 5.70. The van der Waals surface area contributed by atoms with Gasteiger partial charge in [-0.15, -0.1) is 0 Å². The minimum absolute atomic E-state index is 0.0413. The van der Waals surface area contributed by atoms with E-state index in [1.807, 2.05) is 27.8 Å². The summed E-state index contributed by atoms with van der Waals surface area (Å²) >= 11 is 0. The third-order valence-corrected chi connectivity index (χ3v) is 3.13. The number of hydrogen-bond donors (Lipinski definition) is 1. The fraction of sp³-hybridized carbons (Fsp3) is 0.923. The molecule has 0 aromatic heterocycles. The molecule has 0 unspecified atom stereocenters. The summed E-state index contributed by atoms with van der Waals surface area (Å²) in [5.74, 6) is 0.486. The van der Waals surface area contributed by atoms with Crippen molar-refractivity contribution in [1.82, 2.24) is 5.32 Å². The summed E-state index contributed by atoms with van der Waals surface area (Å²) < 4.78 is 5.34. The molecule has 94 valence electrons. The maximum Gasteiger partial charge on any atom is 0.306 e. The highest BCUT2D eigenvalue weighted by atomic mass is 16.6. The Morgan fingerprint density at radius 2 is 1.81 bits per heavy atom. The fourth-order valence-electron chi connectivity index (χ4n) is 2.27. The zero-order chi connectivity index (χ0) is 12.2. The highest BCUT2D eigenvalue weighted by Crippen LogP contribution is 2.27. The van der Waals surface area contributed by atoms with Crippen molar-refractivity contribution in [3.63, 3.8) is 0 Å². The molecule has 0 bridgehead atoms. The van der Waals surface area contributed by atoms with Gasteiger partial charge in [-0.2, -0.15) is 0 Å². The quantitative estimate of drug-likeness (QED) is 0.753. The number of rotatable bonds is 3. The Balaban J connectivity index is 2.26. The van der Waals surface area contributed by atoms with Gasteiger partial charge in [0.15, 0.2) is 0 Å². The van der Waals surface area contributed by atoms with Crippen molar-refractivity contribution in [1.29, 1.82) is 0 Å². The van der Waals surface area contributed by atoms with Crippen molar-refractivity contribution in [2.45, 2.75) is 64.5 Å². The second kappa shape index (κ2) is 5.67. The highest BCUT2D eigenvalue weighted by Gasteiger charge is 2.24. The van der Waals surface area contributed by atoms with E-state index in [2.05, 4.69) is 5.32 Å².